The number of anilines is 2. The lowest BCUT2D eigenvalue weighted by molar-refractivity contribution is 0.0959. The average Bonchev–Trinajstić information content (AvgIpc) is 2.86. The van der Waals surface area contributed by atoms with Gasteiger partial charge < -0.3 is 25.4 Å². The first-order valence-electron chi connectivity index (χ1n) is 8.66. The Balaban J connectivity index is 1.54. The highest BCUT2D eigenvalue weighted by Crippen LogP contribution is 2.31. The minimum Gasteiger partial charge on any atom is -0.486 e. The number of para-hydroxylation sites is 2. The standard InChI is InChI=1S/C18H23N5O2/c1-23(10-12-11-24-15-4-2-3-5-16(15)25-12)17-13-6-8-20-9-7-14(13)21-18(19)22-17/h2-5,12,20H,6-11H2,1H3,(H2,19,21,22)/t12-/m1/s1. The molecule has 0 bridgehead atoms. The summed E-state index contributed by atoms with van der Waals surface area (Å²) in [7, 11) is 2.02. The zero-order valence-corrected chi connectivity index (χ0v) is 14.4. The molecule has 4 rings (SSSR count). The third kappa shape index (κ3) is 3.32. The molecule has 0 saturated carbocycles. The molecule has 7 heteroatoms. The van der Waals surface area contributed by atoms with Crippen molar-refractivity contribution in [2.24, 2.45) is 0 Å². The molecule has 0 saturated heterocycles. The Morgan fingerprint density at radius 1 is 1.20 bits per heavy atom. The van der Waals surface area contributed by atoms with Crippen LogP contribution in [0.3, 0.4) is 0 Å². The molecular formula is C18H23N5O2. The van der Waals surface area contributed by atoms with E-state index in [0.29, 0.717) is 19.1 Å². The molecule has 0 spiro atoms. The van der Waals surface area contributed by atoms with Crippen LogP contribution in [-0.2, 0) is 12.8 Å². The second-order valence-corrected chi connectivity index (χ2v) is 6.46. The molecule has 2 aliphatic heterocycles. The quantitative estimate of drug-likeness (QED) is 0.862. The molecule has 0 fully saturated rings. The zero-order chi connectivity index (χ0) is 17.2. The number of aromatic nitrogens is 2. The lowest BCUT2D eigenvalue weighted by atomic mass is 10.1. The summed E-state index contributed by atoms with van der Waals surface area (Å²) in [6.07, 6.45) is 1.72. The van der Waals surface area contributed by atoms with Crippen LogP contribution in [0.25, 0.3) is 0 Å². The lowest BCUT2D eigenvalue weighted by Crippen LogP contribution is -2.40. The van der Waals surface area contributed by atoms with Gasteiger partial charge in [-0.1, -0.05) is 12.1 Å². The van der Waals surface area contributed by atoms with Crippen LogP contribution in [0.2, 0.25) is 0 Å². The van der Waals surface area contributed by atoms with E-state index < -0.39 is 0 Å². The number of nitrogens with two attached hydrogens (primary N) is 1. The highest BCUT2D eigenvalue weighted by molar-refractivity contribution is 5.52. The Kier molecular flexibility index (Phi) is 4.31. The highest BCUT2D eigenvalue weighted by Gasteiger charge is 2.25. The van der Waals surface area contributed by atoms with Gasteiger partial charge in [-0.05, 0) is 25.1 Å². The van der Waals surface area contributed by atoms with E-state index in [9.17, 15) is 0 Å². The lowest BCUT2D eigenvalue weighted by Gasteiger charge is -2.31. The Hall–Kier alpha value is -2.54. The summed E-state index contributed by atoms with van der Waals surface area (Å²) in [5.41, 5.74) is 8.17. The molecule has 25 heavy (non-hydrogen) atoms. The van der Waals surface area contributed by atoms with Gasteiger partial charge >= 0.3 is 0 Å². The molecule has 1 aromatic carbocycles. The third-order valence-electron chi connectivity index (χ3n) is 4.59. The first-order valence-corrected chi connectivity index (χ1v) is 8.66. The second-order valence-electron chi connectivity index (χ2n) is 6.46. The number of fused-ring (bicyclic) bond motifs is 2. The molecule has 132 valence electrons. The predicted octanol–water partition coefficient (Wildman–Crippen LogP) is 1.02. The van der Waals surface area contributed by atoms with Crippen molar-refractivity contribution in [2.45, 2.75) is 18.9 Å². The van der Waals surface area contributed by atoms with Gasteiger partial charge in [-0.15, -0.1) is 0 Å². The number of nitrogens with zero attached hydrogens (tertiary/aromatic N) is 3. The van der Waals surface area contributed by atoms with E-state index in [-0.39, 0.29) is 6.10 Å². The molecular weight excluding hydrogens is 318 g/mol. The van der Waals surface area contributed by atoms with Gasteiger partial charge in [0.2, 0.25) is 5.95 Å². The number of hydrogen-bond donors (Lipinski definition) is 2. The second kappa shape index (κ2) is 6.76. The van der Waals surface area contributed by atoms with Crippen molar-refractivity contribution in [2.75, 3.05) is 43.9 Å². The molecule has 0 unspecified atom stereocenters. The van der Waals surface area contributed by atoms with E-state index in [1.165, 1.54) is 5.56 Å². The van der Waals surface area contributed by atoms with Crippen LogP contribution in [0.4, 0.5) is 11.8 Å². The van der Waals surface area contributed by atoms with Crippen molar-refractivity contribution in [3.05, 3.63) is 35.5 Å². The van der Waals surface area contributed by atoms with Crippen molar-refractivity contribution in [1.82, 2.24) is 15.3 Å². The molecule has 7 nitrogen and oxygen atoms in total. The fourth-order valence-electron chi connectivity index (χ4n) is 3.40. The Morgan fingerprint density at radius 2 is 2.00 bits per heavy atom. The Labute approximate surface area is 147 Å². The van der Waals surface area contributed by atoms with Crippen molar-refractivity contribution in [3.63, 3.8) is 0 Å². The Bertz CT molecular complexity index is 767. The summed E-state index contributed by atoms with van der Waals surface area (Å²) >= 11 is 0. The van der Waals surface area contributed by atoms with Crippen molar-refractivity contribution in [1.29, 1.82) is 0 Å². The average molecular weight is 341 g/mol. The first kappa shape index (κ1) is 16.0. The van der Waals surface area contributed by atoms with Gasteiger partial charge in [-0.25, -0.2) is 4.98 Å². The van der Waals surface area contributed by atoms with Gasteiger partial charge in [0.15, 0.2) is 17.6 Å². The zero-order valence-electron chi connectivity index (χ0n) is 14.4. The number of nitrogens with one attached hydrogen (secondary N) is 1. The molecule has 0 amide bonds. The molecule has 0 radical (unpaired) electrons. The molecule has 0 aliphatic carbocycles. The highest BCUT2D eigenvalue weighted by atomic mass is 16.6. The third-order valence-corrected chi connectivity index (χ3v) is 4.59. The summed E-state index contributed by atoms with van der Waals surface area (Å²) in [5.74, 6) is 2.81. The summed E-state index contributed by atoms with van der Waals surface area (Å²) in [6, 6.07) is 7.75. The first-order chi connectivity index (χ1) is 12.2. The van der Waals surface area contributed by atoms with Gasteiger partial charge in [0, 0.05) is 25.6 Å². The number of hydrogen-bond acceptors (Lipinski definition) is 7. The van der Waals surface area contributed by atoms with Crippen LogP contribution in [0.5, 0.6) is 11.5 Å². The largest absolute Gasteiger partial charge is 0.486 e. The maximum atomic E-state index is 6.07. The predicted molar refractivity (Wildman–Crippen MR) is 96.3 cm³/mol. The molecule has 2 aliphatic rings. The van der Waals surface area contributed by atoms with Crippen LogP contribution < -0.4 is 25.4 Å². The fraction of sp³-hybridized carbons (Fsp3) is 0.444. The van der Waals surface area contributed by atoms with Gasteiger partial charge in [0.05, 0.1) is 12.2 Å². The van der Waals surface area contributed by atoms with Crippen molar-refractivity contribution >= 4 is 11.8 Å². The van der Waals surface area contributed by atoms with Gasteiger partial charge in [0.1, 0.15) is 12.4 Å². The topological polar surface area (TPSA) is 85.5 Å². The van der Waals surface area contributed by atoms with E-state index in [0.717, 1.165) is 48.9 Å². The van der Waals surface area contributed by atoms with E-state index >= 15 is 0 Å². The maximum absolute atomic E-state index is 6.07. The number of likely N-dealkylation sites (N-methyl/N-ethyl adjacent to an activating group) is 1. The van der Waals surface area contributed by atoms with E-state index in [4.69, 9.17) is 15.2 Å². The molecule has 2 aromatic rings. The van der Waals surface area contributed by atoms with Crippen molar-refractivity contribution in [3.8, 4) is 11.5 Å². The summed E-state index contributed by atoms with van der Waals surface area (Å²) < 4.78 is 11.9. The summed E-state index contributed by atoms with van der Waals surface area (Å²) in [5, 5.41) is 3.40. The molecule has 1 aromatic heterocycles. The van der Waals surface area contributed by atoms with Crippen LogP contribution in [0.1, 0.15) is 11.3 Å². The SMILES string of the molecule is CN(C[C@@H]1COc2ccccc2O1)c1nc(N)nc2c1CCNCC2. The van der Waals surface area contributed by atoms with Crippen LogP contribution in [-0.4, -0.2) is 49.4 Å². The van der Waals surface area contributed by atoms with E-state index in [1.807, 2.05) is 31.3 Å². The van der Waals surface area contributed by atoms with Crippen LogP contribution in [0.15, 0.2) is 24.3 Å². The summed E-state index contributed by atoms with van der Waals surface area (Å²) in [4.78, 5) is 11.0. The van der Waals surface area contributed by atoms with Gasteiger partial charge in [0.25, 0.3) is 0 Å². The number of rotatable bonds is 3. The molecule has 1 atom stereocenters. The summed E-state index contributed by atoms with van der Waals surface area (Å²) in [6.45, 7) is 3.04. The van der Waals surface area contributed by atoms with Gasteiger partial charge in [-0.2, -0.15) is 4.98 Å². The minimum absolute atomic E-state index is 0.0596. The normalized spacial score (nSPS) is 19.0. The number of nitrogen functional groups attached to an aromatic ring is 1. The minimum atomic E-state index is -0.0596. The molecule has 3 N–H and O–H groups in total. The molecule has 3 heterocycles. The van der Waals surface area contributed by atoms with Gasteiger partial charge in [-0.3, -0.25) is 0 Å². The number of benzene rings is 1. The van der Waals surface area contributed by atoms with E-state index in [2.05, 4.69) is 20.2 Å². The Morgan fingerprint density at radius 3 is 2.88 bits per heavy atom. The van der Waals surface area contributed by atoms with E-state index in [1.54, 1.807) is 0 Å². The van der Waals surface area contributed by atoms with Crippen LogP contribution >= 0.6 is 0 Å². The van der Waals surface area contributed by atoms with Crippen molar-refractivity contribution < 1.29 is 9.47 Å². The van der Waals surface area contributed by atoms with Crippen LogP contribution in [0, 0.1) is 0 Å². The maximum Gasteiger partial charge on any atom is 0.222 e. The fourth-order valence-corrected chi connectivity index (χ4v) is 3.40. The smallest absolute Gasteiger partial charge is 0.222 e. The number of ether oxygens (including phenoxy) is 2. The monoisotopic (exact) mass is 341 g/mol.